The number of benzene rings is 1. The van der Waals surface area contributed by atoms with E-state index in [-0.39, 0.29) is 11.9 Å². The number of rotatable bonds is 6. The molecule has 126 valence electrons. The van der Waals surface area contributed by atoms with Crippen LogP contribution in [0.1, 0.15) is 22.9 Å². The third kappa shape index (κ3) is 4.11. The molecule has 0 unspecified atom stereocenters. The van der Waals surface area contributed by atoms with E-state index in [1.165, 1.54) is 4.88 Å². The van der Waals surface area contributed by atoms with Crippen molar-refractivity contribution in [1.29, 1.82) is 0 Å². The molecule has 3 aromatic rings. The molecule has 0 saturated carbocycles. The first-order valence-electron chi connectivity index (χ1n) is 7.47. The second-order valence-corrected chi connectivity index (χ2v) is 9.25. The van der Waals surface area contributed by atoms with Gasteiger partial charge >= 0.3 is 0 Å². The third-order valence-corrected chi connectivity index (χ3v) is 7.33. The normalized spacial score (nSPS) is 12.5. The lowest BCUT2D eigenvalue weighted by Gasteiger charge is -2.23. The van der Waals surface area contributed by atoms with Crippen molar-refractivity contribution in [3.05, 3.63) is 50.6 Å². The lowest BCUT2D eigenvalue weighted by Crippen LogP contribution is -2.31. The Kier molecular flexibility index (Phi) is 5.81. The fourth-order valence-electron chi connectivity index (χ4n) is 2.22. The maximum Gasteiger partial charge on any atom is 0.232 e. The fraction of sp³-hybridized carbons (Fsp3) is 0.294. The van der Waals surface area contributed by atoms with Gasteiger partial charge in [-0.15, -0.1) is 34.4 Å². The van der Waals surface area contributed by atoms with Crippen LogP contribution in [-0.2, 0) is 10.5 Å². The number of nitrogens with zero attached hydrogens (tertiary/aromatic N) is 2. The molecule has 2 aromatic heterocycles. The standard InChI is InChI=1S/C17H17ClN2OS3/c1-11(17-19-13-5-3-4-6-14(13)24-17)20(2)16(21)10-22-9-12-7-8-15(18)23-12/h3-8,11H,9-10H2,1-2H3/t11-/m0/s1. The Morgan fingerprint density at radius 1 is 1.29 bits per heavy atom. The maximum absolute atomic E-state index is 12.4. The van der Waals surface area contributed by atoms with Gasteiger partial charge in [0.15, 0.2) is 0 Å². The van der Waals surface area contributed by atoms with Crippen LogP contribution in [0.4, 0.5) is 0 Å². The van der Waals surface area contributed by atoms with Crippen LogP contribution in [0.15, 0.2) is 36.4 Å². The van der Waals surface area contributed by atoms with E-state index in [0.717, 1.165) is 25.3 Å². The summed E-state index contributed by atoms with van der Waals surface area (Å²) in [7, 11) is 1.85. The van der Waals surface area contributed by atoms with Gasteiger partial charge in [-0.05, 0) is 31.2 Å². The number of thiazole rings is 1. The molecule has 0 N–H and O–H groups in total. The van der Waals surface area contributed by atoms with Crippen LogP contribution in [0.3, 0.4) is 0 Å². The largest absolute Gasteiger partial charge is 0.336 e. The molecule has 24 heavy (non-hydrogen) atoms. The van der Waals surface area contributed by atoms with Crippen molar-refractivity contribution < 1.29 is 4.79 Å². The number of para-hydroxylation sites is 1. The molecule has 0 fully saturated rings. The summed E-state index contributed by atoms with van der Waals surface area (Å²) in [4.78, 5) is 20.1. The number of thiophene rings is 1. The number of fused-ring (bicyclic) bond motifs is 1. The van der Waals surface area contributed by atoms with Gasteiger partial charge in [-0.2, -0.15) is 0 Å². The maximum atomic E-state index is 12.4. The minimum absolute atomic E-state index is 0.0216. The van der Waals surface area contributed by atoms with Crippen LogP contribution >= 0.6 is 46.0 Å². The summed E-state index contributed by atoms with van der Waals surface area (Å²) in [5.41, 5.74) is 0.995. The molecule has 0 radical (unpaired) electrons. The summed E-state index contributed by atoms with van der Waals surface area (Å²) < 4.78 is 1.95. The van der Waals surface area contributed by atoms with E-state index in [1.807, 2.05) is 44.3 Å². The minimum atomic E-state index is -0.0216. The highest BCUT2D eigenvalue weighted by molar-refractivity contribution is 7.99. The number of carbonyl (C=O) groups excluding carboxylic acids is 1. The summed E-state index contributed by atoms with van der Waals surface area (Å²) in [6, 6.07) is 11.9. The van der Waals surface area contributed by atoms with Crippen molar-refractivity contribution in [1.82, 2.24) is 9.88 Å². The molecule has 0 spiro atoms. The van der Waals surface area contributed by atoms with E-state index < -0.39 is 0 Å². The molecular weight excluding hydrogens is 380 g/mol. The average molecular weight is 397 g/mol. The van der Waals surface area contributed by atoms with Gasteiger partial charge in [0.05, 0.1) is 26.3 Å². The Labute approximate surface area is 158 Å². The molecule has 3 rings (SSSR count). The molecule has 2 heterocycles. The predicted molar refractivity (Wildman–Crippen MR) is 106 cm³/mol. The van der Waals surface area contributed by atoms with Crippen LogP contribution in [-0.4, -0.2) is 28.6 Å². The van der Waals surface area contributed by atoms with Crippen molar-refractivity contribution >= 4 is 62.2 Å². The Morgan fingerprint density at radius 3 is 2.79 bits per heavy atom. The van der Waals surface area contributed by atoms with Crippen molar-refractivity contribution in [3.8, 4) is 0 Å². The van der Waals surface area contributed by atoms with E-state index in [1.54, 1.807) is 39.3 Å². The van der Waals surface area contributed by atoms with Gasteiger partial charge in [0, 0.05) is 17.7 Å². The highest BCUT2D eigenvalue weighted by Crippen LogP contribution is 2.29. The lowest BCUT2D eigenvalue weighted by molar-refractivity contribution is -0.128. The lowest BCUT2D eigenvalue weighted by atomic mass is 10.3. The summed E-state index contributed by atoms with van der Waals surface area (Å²) in [6.45, 7) is 2.03. The predicted octanol–water partition coefficient (Wildman–Crippen LogP) is 5.46. The van der Waals surface area contributed by atoms with Crippen molar-refractivity contribution in [2.24, 2.45) is 0 Å². The van der Waals surface area contributed by atoms with Crippen molar-refractivity contribution in [3.63, 3.8) is 0 Å². The molecule has 0 bridgehead atoms. The quantitative estimate of drug-likeness (QED) is 0.554. The number of aromatic nitrogens is 1. The van der Waals surface area contributed by atoms with Crippen LogP contribution in [0.25, 0.3) is 10.2 Å². The topological polar surface area (TPSA) is 33.2 Å². The SMILES string of the molecule is C[C@@H](c1nc2ccccc2s1)N(C)C(=O)CSCc1ccc(Cl)s1. The zero-order valence-electron chi connectivity index (χ0n) is 13.4. The monoisotopic (exact) mass is 396 g/mol. The van der Waals surface area contributed by atoms with Gasteiger partial charge in [-0.25, -0.2) is 4.98 Å². The van der Waals surface area contributed by atoms with Gasteiger partial charge < -0.3 is 4.90 Å². The van der Waals surface area contributed by atoms with Gasteiger partial charge in [0.25, 0.3) is 0 Å². The second-order valence-electron chi connectivity index (χ2n) is 5.40. The fourth-order valence-corrected chi connectivity index (χ4v) is 5.43. The number of carbonyl (C=O) groups is 1. The molecule has 1 atom stereocenters. The number of halogens is 1. The number of amides is 1. The van der Waals surface area contributed by atoms with Crippen LogP contribution in [0.2, 0.25) is 4.34 Å². The molecule has 1 amide bonds. The molecule has 0 aliphatic rings. The Bertz CT molecular complexity index is 812. The first kappa shape index (κ1) is 17.7. The Hall–Kier alpha value is -1.08. The average Bonchev–Trinajstić information content (AvgIpc) is 3.19. The minimum Gasteiger partial charge on any atom is -0.336 e. The zero-order valence-corrected chi connectivity index (χ0v) is 16.6. The molecular formula is C17H17ClN2OS3. The van der Waals surface area contributed by atoms with E-state index in [0.29, 0.717) is 5.75 Å². The number of hydrogen-bond acceptors (Lipinski definition) is 5. The highest BCUT2D eigenvalue weighted by atomic mass is 35.5. The summed E-state index contributed by atoms with van der Waals surface area (Å²) in [5.74, 6) is 1.39. The Balaban J connectivity index is 1.57. The second kappa shape index (κ2) is 7.87. The van der Waals surface area contributed by atoms with Crippen LogP contribution in [0, 0.1) is 0 Å². The van der Waals surface area contributed by atoms with Gasteiger partial charge in [0.1, 0.15) is 5.01 Å². The summed E-state index contributed by atoms with van der Waals surface area (Å²) >= 11 is 10.8. The molecule has 0 aliphatic carbocycles. The smallest absolute Gasteiger partial charge is 0.232 e. The first-order chi connectivity index (χ1) is 11.5. The first-order valence-corrected chi connectivity index (χ1v) is 10.6. The zero-order chi connectivity index (χ0) is 17.1. The van der Waals surface area contributed by atoms with Gasteiger partial charge in [-0.3, -0.25) is 4.79 Å². The van der Waals surface area contributed by atoms with E-state index in [4.69, 9.17) is 11.6 Å². The van der Waals surface area contributed by atoms with Crippen molar-refractivity contribution in [2.45, 2.75) is 18.7 Å². The molecule has 7 heteroatoms. The van der Waals surface area contributed by atoms with Gasteiger partial charge in [0.2, 0.25) is 5.91 Å². The van der Waals surface area contributed by atoms with E-state index >= 15 is 0 Å². The highest BCUT2D eigenvalue weighted by Gasteiger charge is 2.20. The summed E-state index contributed by atoms with van der Waals surface area (Å²) in [5, 5.41) is 0.974. The molecule has 0 saturated heterocycles. The van der Waals surface area contributed by atoms with E-state index in [9.17, 15) is 4.79 Å². The Morgan fingerprint density at radius 2 is 2.08 bits per heavy atom. The number of hydrogen-bond donors (Lipinski definition) is 0. The third-order valence-electron chi connectivity index (χ3n) is 3.74. The molecule has 1 aromatic carbocycles. The van der Waals surface area contributed by atoms with Crippen molar-refractivity contribution in [2.75, 3.05) is 12.8 Å². The number of thioether (sulfide) groups is 1. The van der Waals surface area contributed by atoms with Crippen LogP contribution < -0.4 is 0 Å². The van der Waals surface area contributed by atoms with E-state index in [2.05, 4.69) is 11.1 Å². The van der Waals surface area contributed by atoms with Crippen LogP contribution in [0.5, 0.6) is 0 Å². The van der Waals surface area contributed by atoms with Gasteiger partial charge in [-0.1, -0.05) is 23.7 Å². The molecule has 0 aliphatic heterocycles. The molecule has 3 nitrogen and oxygen atoms in total. The summed E-state index contributed by atoms with van der Waals surface area (Å²) in [6.07, 6.45) is 0.